The summed E-state index contributed by atoms with van der Waals surface area (Å²) >= 11 is 5.92. The van der Waals surface area contributed by atoms with Crippen LogP contribution in [0, 0.1) is 17.3 Å². The van der Waals surface area contributed by atoms with Gasteiger partial charge in [-0.15, -0.1) is 0 Å². The average Bonchev–Trinajstić information content (AvgIpc) is 2.55. The maximum Gasteiger partial charge on any atom is 0.312 e. The van der Waals surface area contributed by atoms with Gasteiger partial charge in [0.2, 0.25) is 0 Å². The number of aliphatic hydroxyl groups is 1. The molecule has 4 saturated carbocycles. The highest BCUT2D eigenvalue weighted by Gasteiger charge is 2.60. The minimum Gasteiger partial charge on any atom is -0.455 e. The summed E-state index contributed by atoms with van der Waals surface area (Å²) in [6, 6.07) is 7.24. The van der Waals surface area contributed by atoms with E-state index < -0.39 is 11.0 Å². The van der Waals surface area contributed by atoms with Crippen LogP contribution in [0.4, 0.5) is 0 Å². The highest BCUT2D eigenvalue weighted by Crippen LogP contribution is 2.61. The Bertz CT molecular complexity index is 720. The van der Waals surface area contributed by atoms with Crippen molar-refractivity contribution in [2.24, 2.45) is 17.3 Å². The van der Waals surface area contributed by atoms with Crippen molar-refractivity contribution < 1.29 is 19.4 Å². The Kier molecular flexibility index (Phi) is 4.48. The first-order valence-corrected chi connectivity index (χ1v) is 9.64. The predicted molar refractivity (Wildman–Crippen MR) is 96.3 cm³/mol. The van der Waals surface area contributed by atoms with Crippen molar-refractivity contribution in [3.8, 4) is 0 Å². The summed E-state index contributed by atoms with van der Waals surface area (Å²) in [5.74, 6) is 0.167. The number of hydrogen-bond donors (Lipinski definition) is 2. The second-order valence-electron chi connectivity index (χ2n) is 8.45. The monoisotopic (exact) mass is 377 g/mol. The predicted octanol–water partition coefficient (Wildman–Crippen LogP) is 2.83. The Morgan fingerprint density at radius 2 is 1.96 bits per heavy atom. The van der Waals surface area contributed by atoms with Crippen LogP contribution < -0.4 is 5.32 Å². The molecular formula is C20H24ClNO4. The zero-order valence-corrected chi connectivity index (χ0v) is 15.4. The van der Waals surface area contributed by atoms with E-state index in [1.54, 1.807) is 12.1 Å². The van der Waals surface area contributed by atoms with Crippen LogP contribution in [0.15, 0.2) is 24.3 Å². The van der Waals surface area contributed by atoms with Crippen LogP contribution in [0.3, 0.4) is 0 Å². The summed E-state index contributed by atoms with van der Waals surface area (Å²) in [5, 5.41) is 14.1. The van der Waals surface area contributed by atoms with E-state index in [1.807, 2.05) is 12.1 Å². The second kappa shape index (κ2) is 6.54. The summed E-state index contributed by atoms with van der Waals surface area (Å²) in [6.45, 7) is 0.0564. The largest absolute Gasteiger partial charge is 0.455 e. The first kappa shape index (κ1) is 17.8. The maximum atomic E-state index is 12.7. The smallest absolute Gasteiger partial charge is 0.312 e. The van der Waals surface area contributed by atoms with Gasteiger partial charge in [0, 0.05) is 11.6 Å². The van der Waals surface area contributed by atoms with Gasteiger partial charge in [0.25, 0.3) is 5.91 Å². The molecule has 0 aliphatic heterocycles. The molecule has 2 N–H and O–H groups in total. The van der Waals surface area contributed by atoms with Crippen LogP contribution in [0.25, 0.3) is 0 Å². The van der Waals surface area contributed by atoms with Crippen LogP contribution in [0.5, 0.6) is 0 Å². The topological polar surface area (TPSA) is 75.6 Å². The first-order valence-electron chi connectivity index (χ1n) is 9.27. The van der Waals surface area contributed by atoms with Crippen molar-refractivity contribution in [1.29, 1.82) is 0 Å². The van der Waals surface area contributed by atoms with Crippen molar-refractivity contribution in [3.05, 3.63) is 34.9 Å². The Balaban J connectivity index is 1.30. The summed E-state index contributed by atoms with van der Waals surface area (Å²) in [6.07, 6.45) is 4.77. The Morgan fingerprint density at radius 1 is 1.23 bits per heavy atom. The molecule has 4 aliphatic rings. The van der Waals surface area contributed by atoms with Crippen molar-refractivity contribution in [1.82, 2.24) is 5.32 Å². The fraction of sp³-hybridized carbons (Fsp3) is 0.600. The molecule has 6 heteroatoms. The second-order valence-corrected chi connectivity index (χ2v) is 8.88. The number of carbonyl (C=O) groups excluding carboxylic acids is 2. The first-order chi connectivity index (χ1) is 12.4. The SMILES string of the molecule is O=C(COC(=O)C12C[C@@H]3C[C@@H](CC(O)(C3)C1)C2)NCc1cccc(Cl)c1. The molecular weight excluding hydrogens is 354 g/mol. The van der Waals surface area contributed by atoms with Crippen molar-refractivity contribution >= 4 is 23.5 Å². The Morgan fingerprint density at radius 3 is 2.62 bits per heavy atom. The summed E-state index contributed by atoms with van der Waals surface area (Å²) < 4.78 is 5.36. The van der Waals surface area contributed by atoms with Gasteiger partial charge in [0.1, 0.15) is 0 Å². The van der Waals surface area contributed by atoms with Crippen LogP contribution >= 0.6 is 11.6 Å². The zero-order valence-electron chi connectivity index (χ0n) is 14.7. The lowest BCUT2D eigenvalue weighted by atomic mass is 9.48. The Hall–Kier alpha value is -1.59. The number of amides is 1. The van der Waals surface area contributed by atoms with E-state index in [-0.39, 0.29) is 18.5 Å². The molecule has 0 saturated heterocycles. The quantitative estimate of drug-likeness (QED) is 0.774. The van der Waals surface area contributed by atoms with Crippen molar-refractivity contribution in [2.75, 3.05) is 6.61 Å². The van der Waals surface area contributed by atoms with Gasteiger partial charge in [-0.3, -0.25) is 9.59 Å². The summed E-state index contributed by atoms with van der Waals surface area (Å²) in [4.78, 5) is 24.8. The number of nitrogens with one attached hydrogen (secondary N) is 1. The molecule has 0 aromatic heterocycles. The van der Waals surface area contributed by atoms with Crippen LogP contribution in [-0.4, -0.2) is 29.2 Å². The molecule has 4 fully saturated rings. The Labute approximate surface area is 158 Å². The molecule has 26 heavy (non-hydrogen) atoms. The van der Waals surface area contributed by atoms with E-state index in [9.17, 15) is 14.7 Å². The molecule has 1 aromatic rings. The number of rotatable bonds is 5. The lowest BCUT2D eigenvalue weighted by Gasteiger charge is -2.58. The normalized spacial score (nSPS) is 34.5. The number of carbonyl (C=O) groups is 2. The van der Waals surface area contributed by atoms with E-state index in [0.29, 0.717) is 29.8 Å². The van der Waals surface area contributed by atoms with Gasteiger partial charge in [-0.25, -0.2) is 0 Å². The highest BCUT2D eigenvalue weighted by molar-refractivity contribution is 6.30. The van der Waals surface area contributed by atoms with Crippen LogP contribution in [-0.2, 0) is 20.9 Å². The highest BCUT2D eigenvalue weighted by atomic mass is 35.5. The molecule has 140 valence electrons. The average molecular weight is 378 g/mol. The summed E-state index contributed by atoms with van der Waals surface area (Å²) in [7, 11) is 0. The van der Waals surface area contributed by atoms with Crippen molar-refractivity contribution in [3.63, 3.8) is 0 Å². The number of benzene rings is 1. The molecule has 4 atom stereocenters. The van der Waals surface area contributed by atoms with Crippen LogP contribution in [0.1, 0.15) is 44.1 Å². The van der Waals surface area contributed by atoms with Crippen LogP contribution in [0.2, 0.25) is 5.02 Å². The number of hydrogen-bond acceptors (Lipinski definition) is 4. The lowest BCUT2D eigenvalue weighted by molar-refractivity contribution is -0.196. The van der Waals surface area contributed by atoms with Crippen molar-refractivity contribution in [2.45, 2.75) is 50.7 Å². The van der Waals surface area contributed by atoms with Gasteiger partial charge in [-0.2, -0.15) is 0 Å². The van der Waals surface area contributed by atoms with Gasteiger partial charge in [-0.05, 0) is 68.1 Å². The third-order valence-electron chi connectivity index (χ3n) is 6.18. The molecule has 2 unspecified atom stereocenters. The molecule has 0 spiro atoms. The van der Waals surface area contributed by atoms with Gasteiger partial charge in [0.15, 0.2) is 6.61 Å². The standard InChI is InChI=1S/C20H24ClNO4/c21-16-3-1-2-13(5-16)10-22-17(23)11-26-18(24)19-6-14-4-15(7-19)9-20(25,8-14)12-19/h1-3,5,14-15,25H,4,6-12H2,(H,22,23)/t14-,15+,19?,20?. The fourth-order valence-electron chi connectivity index (χ4n) is 5.64. The molecule has 0 heterocycles. The molecule has 5 nitrogen and oxygen atoms in total. The molecule has 5 rings (SSSR count). The zero-order chi connectivity index (χ0) is 18.4. The molecule has 1 amide bonds. The fourth-order valence-corrected chi connectivity index (χ4v) is 5.85. The third-order valence-corrected chi connectivity index (χ3v) is 6.41. The van der Waals surface area contributed by atoms with Gasteiger partial charge in [0.05, 0.1) is 11.0 Å². The number of halogens is 1. The van der Waals surface area contributed by atoms with E-state index in [1.165, 1.54) is 0 Å². The molecule has 4 aliphatic carbocycles. The molecule has 4 bridgehead atoms. The lowest BCUT2D eigenvalue weighted by Crippen LogP contribution is -2.58. The maximum absolute atomic E-state index is 12.7. The van der Waals surface area contributed by atoms with E-state index in [4.69, 9.17) is 16.3 Å². The molecule has 1 aromatic carbocycles. The number of ether oxygens (including phenoxy) is 1. The minimum atomic E-state index is -0.710. The van der Waals surface area contributed by atoms with Gasteiger partial charge < -0.3 is 15.2 Å². The molecule has 0 radical (unpaired) electrons. The van der Waals surface area contributed by atoms with Gasteiger partial charge >= 0.3 is 5.97 Å². The van der Waals surface area contributed by atoms with E-state index in [0.717, 1.165) is 37.7 Å². The van der Waals surface area contributed by atoms with E-state index in [2.05, 4.69) is 5.32 Å². The number of esters is 1. The third kappa shape index (κ3) is 3.47. The van der Waals surface area contributed by atoms with Gasteiger partial charge in [-0.1, -0.05) is 23.7 Å². The minimum absolute atomic E-state index is 0.283. The summed E-state index contributed by atoms with van der Waals surface area (Å²) in [5.41, 5.74) is -0.412. The van der Waals surface area contributed by atoms with E-state index >= 15 is 0 Å².